The molecule has 0 radical (unpaired) electrons. The predicted molar refractivity (Wildman–Crippen MR) is 320 cm³/mol. The average molecular weight is 1030 g/mol. The Balaban J connectivity index is 4.50. The maximum atomic E-state index is 12.9. The first-order chi connectivity index (χ1) is 36.5. The zero-order valence-corrected chi connectivity index (χ0v) is 48.1. The van der Waals surface area contributed by atoms with Gasteiger partial charge in [-0.15, -0.1) is 0 Å². The van der Waals surface area contributed by atoms with Gasteiger partial charge in [0.2, 0.25) is 0 Å². The Labute approximate surface area is 456 Å². The summed E-state index contributed by atoms with van der Waals surface area (Å²) in [5, 5.41) is 0. The van der Waals surface area contributed by atoms with Gasteiger partial charge in [0.05, 0.1) is 0 Å². The first-order valence-electron chi connectivity index (χ1n) is 30.5. The lowest BCUT2D eigenvalue weighted by atomic mass is 10.0. The third-order valence-corrected chi connectivity index (χ3v) is 12.7. The lowest BCUT2D eigenvalue weighted by Crippen LogP contribution is -2.30. The molecule has 0 aliphatic carbocycles. The molecule has 6 heteroatoms. The number of carbonyl (C=O) groups excluding carboxylic acids is 3. The van der Waals surface area contributed by atoms with Crippen molar-refractivity contribution in [2.75, 3.05) is 13.2 Å². The quantitative estimate of drug-likeness (QED) is 0.0261. The van der Waals surface area contributed by atoms with Gasteiger partial charge in [0.25, 0.3) is 0 Å². The van der Waals surface area contributed by atoms with Crippen LogP contribution in [0.4, 0.5) is 0 Å². The molecule has 0 fully saturated rings. The van der Waals surface area contributed by atoms with Crippen LogP contribution in [-0.4, -0.2) is 37.2 Å². The second kappa shape index (κ2) is 61.4. The molecule has 1 atom stereocenters. The molecule has 0 bridgehead atoms. The van der Waals surface area contributed by atoms with E-state index in [-0.39, 0.29) is 37.5 Å². The summed E-state index contributed by atoms with van der Waals surface area (Å²) in [6.07, 6.45) is 84.8. The SMILES string of the molecule is CC/C=C\C/C=C\C/C=C\C/C=C\C/C=C\CCCCCCCC(=O)OCC(COC(=O)CCC/C=C\C/C=C\C/C=C\C/C=C\C/C=C\CC)OC(=O)CCCCCCCCCCCCCCCCCCCC. The summed E-state index contributed by atoms with van der Waals surface area (Å²) in [6.45, 7) is 6.36. The number of carbonyl (C=O) groups is 3. The molecule has 420 valence electrons. The molecule has 0 rings (SSSR count). The molecule has 0 amide bonds. The summed E-state index contributed by atoms with van der Waals surface area (Å²) < 4.78 is 16.9. The molecule has 6 nitrogen and oxygen atoms in total. The maximum absolute atomic E-state index is 12.9. The summed E-state index contributed by atoms with van der Waals surface area (Å²) in [5.74, 6) is -0.979. The summed E-state index contributed by atoms with van der Waals surface area (Å²) in [5.41, 5.74) is 0. The molecule has 0 spiro atoms. The Hall–Kier alpha value is -4.19. The van der Waals surface area contributed by atoms with Crippen LogP contribution in [0, 0.1) is 0 Å². The minimum atomic E-state index is -0.812. The third kappa shape index (κ3) is 58.7. The van der Waals surface area contributed by atoms with Crippen molar-refractivity contribution in [3.8, 4) is 0 Å². The highest BCUT2D eigenvalue weighted by atomic mass is 16.6. The lowest BCUT2D eigenvalue weighted by molar-refractivity contribution is -0.167. The number of allylic oxidation sites excluding steroid dienone is 20. The number of hydrogen-bond donors (Lipinski definition) is 0. The van der Waals surface area contributed by atoms with E-state index in [1.807, 2.05) is 0 Å². The highest BCUT2D eigenvalue weighted by molar-refractivity contribution is 5.71. The van der Waals surface area contributed by atoms with E-state index in [0.29, 0.717) is 19.3 Å². The first kappa shape index (κ1) is 69.8. The van der Waals surface area contributed by atoms with E-state index in [4.69, 9.17) is 14.2 Å². The van der Waals surface area contributed by atoms with Gasteiger partial charge >= 0.3 is 17.9 Å². The highest BCUT2D eigenvalue weighted by Crippen LogP contribution is 2.16. The minimum Gasteiger partial charge on any atom is -0.462 e. The molecule has 1 unspecified atom stereocenters. The molecule has 0 aliphatic rings. The Morgan fingerprint density at radius 1 is 0.284 bits per heavy atom. The van der Waals surface area contributed by atoms with E-state index in [1.54, 1.807) is 0 Å². The van der Waals surface area contributed by atoms with Crippen LogP contribution in [0.25, 0.3) is 0 Å². The summed E-state index contributed by atoms with van der Waals surface area (Å²) in [7, 11) is 0. The Kier molecular flexibility index (Phi) is 57.9. The van der Waals surface area contributed by atoms with Crippen molar-refractivity contribution in [2.45, 2.75) is 277 Å². The van der Waals surface area contributed by atoms with Crippen LogP contribution in [0.1, 0.15) is 271 Å². The van der Waals surface area contributed by atoms with Crippen molar-refractivity contribution in [3.63, 3.8) is 0 Å². The molecule has 0 aromatic carbocycles. The standard InChI is InChI=1S/C68H112O6/c1-4-7-10-13-16-19-22-25-28-31-33-34-35-38-40-43-46-49-52-55-58-61-67(70)73-64-65(63-72-66(69)60-57-54-51-48-45-42-39-36-30-27-24-21-18-15-12-9-6-3)74-68(71)62-59-56-53-50-47-44-41-37-32-29-26-23-20-17-14-11-8-5-2/h7,9-10,12,16,18-19,21,25,27-28,30,33-34,38-40,42,48,51,65H,4-6,8,11,13-15,17,20,22-24,26,29,31-32,35-37,41,43-47,49-50,52-64H2,1-3H3/b10-7-,12-9-,19-16-,21-18-,28-25-,30-27-,34-33-,40-38-,42-39-,51-48-. The minimum absolute atomic E-state index is 0.107. The van der Waals surface area contributed by atoms with E-state index < -0.39 is 6.10 Å². The third-order valence-electron chi connectivity index (χ3n) is 12.7. The lowest BCUT2D eigenvalue weighted by Gasteiger charge is -2.18. The molecule has 0 saturated carbocycles. The molecular formula is C68H112O6. The maximum Gasteiger partial charge on any atom is 0.306 e. The Morgan fingerprint density at radius 3 is 0.878 bits per heavy atom. The van der Waals surface area contributed by atoms with E-state index in [9.17, 15) is 14.4 Å². The van der Waals surface area contributed by atoms with Gasteiger partial charge < -0.3 is 14.2 Å². The van der Waals surface area contributed by atoms with Gasteiger partial charge in [0.1, 0.15) is 13.2 Å². The van der Waals surface area contributed by atoms with Crippen LogP contribution in [0.3, 0.4) is 0 Å². The fourth-order valence-electron chi connectivity index (χ4n) is 8.21. The molecule has 74 heavy (non-hydrogen) atoms. The van der Waals surface area contributed by atoms with Gasteiger partial charge in [-0.05, 0) is 103 Å². The fraction of sp³-hybridized carbons (Fsp3) is 0.662. The topological polar surface area (TPSA) is 78.9 Å². The van der Waals surface area contributed by atoms with Crippen molar-refractivity contribution in [3.05, 3.63) is 122 Å². The van der Waals surface area contributed by atoms with Crippen LogP contribution in [-0.2, 0) is 28.6 Å². The average Bonchev–Trinajstić information content (AvgIpc) is 3.40. The van der Waals surface area contributed by atoms with E-state index >= 15 is 0 Å². The number of ether oxygens (including phenoxy) is 3. The van der Waals surface area contributed by atoms with Gasteiger partial charge in [0, 0.05) is 19.3 Å². The van der Waals surface area contributed by atoms with Gasteiger partial charge in [-0.3, -0.25) is 14.4 Å². The zero-order chi connectivity index (χ0) is 53.6. The largest absolute Gasteiger partial charge is 0.462 e. The highest BCUT2D eigenvalue weighted by Gasteiger charge is 2.19. The van der Waals surface area contributed by atoms with Crippen molar-refractivity contribution in [2.24, 2.45) is 0 Å². The molecule has 0 aliphatic heterocycles. The van der Waals surface area contributed by atoms with Crippen LogP contribution < -0.4 is 0 Å². The van der Waals surface area contributed by atoms with Crippen molar-refractivity contribution in [1.29, 1.82) is 0 Å². The van der Waals surface area contributed by atoms with E-state index in [1.165, 1.54) is 96.3 Å². The fourth-order valence-corrected chi connectivity index (χ4v) is 8.21. The summed E-state index contributed by atoms with van der Waals surface area (Å²) in [4.78, 5) is 38.3. The molecule has 0 saturated heterocycles. The van der Waals surface area contributed by atoms with Gasteiger partial charge in [0.15, 0.2) is 6.10 Å². The molecular weight excluding hydrogens is 913 g/mol. The van der Waals surface area contributed by atoms with Gasteiger partial charge in [-0.1, -0.05) is 271 Å². The number of rotatable bonds is 54. The summed E-state index contributed by atoms with van der Waals surface area (Å²) >= 11 is 0. The monoisotopic (exact) mass is 1020 g/mol. The number of unbranched alkanes of at least 4 members (excludes halogenated alkanes) is 23. The van der Waals surface area contributed by atoms with E-state index in [0.717, 1.165) is 128 Å². The van der Waals surface area contributed by atoms with E-state index in [2.05, 4.69) is 142 Å². The van der Waals surface area contributed by atoms with Crippen molar-refractivity contribution in [1.82, 2.24) is 0 Å². The van der Waals surface area contributed by atoms with Gasteiger partial charge in [-0.2, -0.15) is 0 Å². The smallest absolute Gasteiger partial charge is 0.306 e. The second-order valence-corrected chi connectivity index (χ2v) is 19.9. The molecule has 0 aromatic rings. The van der Waals surface area contributed by atoms with Crippen molar-refractivity contribution >= 4 is 17.9 Å². The first-order valence-corrected chi connectivity index (χ1v) is 30.5. The zero-order valence-electron chi connectivity index (χ0n) is 48.1. The van der Waals surface area contributed by atoms with Crippen LogP contribution in [0.15, 0.2) is 122 Å². The second-order valence-electron chi connectivity index (χ2n) is 19.9. The number of hydrogen-bond acceptors (Lipinski definition) is 6. The molecule has 0 N–H and O–H groups in total. The molecule has 0 heterocycles. The van der Waals surface area contributed by atoms with Gasteiger partial charge in [-0.25, -0.2) is 0 Å². The molecule has 0 aromatic heterocycles. The summed E-state index contributed by atoms with van der Waals surface area (Å²) in [6, 6.07) is 0. The van der Waals surface area contributed by atoms with Crippen LogP contribution in [0.5, 0.6) is 0 Å². The Bertz CT molecular complexity index is 1550. The number of esters is 3. The van der Waals surface area contributed by atoms with Crippen LogP contribution >= 0.6 is 0 Å². The van der Waals surface area contributed by atoms with Crippen LogP contribution in [0.2, 0.25) is 0 Å². The van der Waals surface area contributed by atoms with Crippen molar-refractivity contribution < 1.29 is 28.6 Å². The normalized spacial score (nSPS) is 13.0. The Morgan fingerprint density at radius 2 is 0.541 bits per heavy atom. The predicted octanol–water partition coefficient (Wildman–Crippen LogP) is 20.8.